The lowest BCUT2D eigenvalue weighted by atomic mass is 10.0. The van der Waals surface area contributed by atoms with Crippen molar-refractivity contribution in [1.29, 1.82) is 0 Å². The summed E-state index contributed by atoms with van der Waals surface area (Å²) in [7, 11) is 0. The maximum absolute atomic E-state index is 13.3. The van der Waals surface area contributed by atoms with E-state index < -0.39 is 97.0 Å². The Hall–Kier alpha value is -5.46. The first-order valence-corrected chi connectivity index (χ1v) is 12.9. The fraction of sp³-hybridized carbons (Fsp3) is 0.440. The number of aliphatic carboxylic acids is 2. The van der Waals surface area contributed by atoms with Crippen LogP contribution in [-0.2, 0) is 40.0 Å². The number of hydrogen-bond donors (Lipinski definition) is 11. The van der Waals surface area contributed by atoms with Gasteiger partial charge in [0.2, 0.25) is 23.6 Å². The molecule has 5 atom stereocenters. The van der Waals surface area contributed by atoms with Crippen LogP contribution in [0.5, 0.6) is 5.75 Å². The summed E-state index contributed by atoms with van der Waals surface area (Å²) >= 11 is 0. The Kier molecular flexibility index (Phi) is 14.5. The van der Waals surface area contributed by atoms with Crippen LogP contribution in [0.2, 0.25) is 0 Å². The number of carbonyl (C=O) groups is 8. The predicted molar refractivity (Wildman–Crippen MR) is 147 cm³/mol. The summed E-state index contributed by atoms with van der Waals surface area (Å²) in [5.41, 5.74) is 9.38. The number of nitrogens with one attached hydrogen (secondary N) is 6. The van der Waals surface area contributed by atoms with E-state index in [0.717, 1.165) is 13.8 Å². The standard InChI is InChI=1S/C25H35N7O12/c1-11(33)20(21(26)40)30-22(41)15(7-8-18(36)37)28-23(42)16(9-13-3-5-14(35)6-4-13)29-25(44)32-31-24(43)17(10-19(38)39)27-12(2)34/h3-6,11,15-17,20,33,35H,7-10H2,1-2H3,(H2,26,40)(H,27,34)(H,28,42)(H,30,41)(H,31,43)(H,36,37)(H,38,39)(H2,29,32,44)/t11-,15+,16+,17+,20+/m1/s1. The Balaban J connectivity index is 3.16. The van der Waals surface area contributed by atoms with Gasteiger partial charge in [-0.15, -0.1) is 0 Å². The lowest BCUT2D eigenvalue weighted by Gasteiger charge is -2.25. The van der Waals surface area contributed by atoms with Gasteiger partial charge in [-0.05, 0) is 31.0 Å². The van der Waals surface area contributed by atoms with Crippen molar-refractivity contribution in [2.45, 2.75) is 69.8 Å². The molecule has 44 heavy (non-hydrogen) atoms. The number of rotatable bonds is 16. The Bertz CT molecular complexity index is 1220. The van der Waals surface area contributed by atoms with E-state index in [1.54, 1.807) is 0 Å². The Morgan fingerprint density at radius 2 is 1.36 bits per heavy atom. The number of aliphatic hydroxyl groups is 1. The molecule has 0 aromatic heterocycles. The topological polar surface area (TPSA) is 316 Å². The van der Waals surface area contributed by atoms with E-state index >= 15 is 0 Å². The summed E-state index contributed by atoms with van der Waals surface area (Å²) in [5, 5.41) is 46.1. The largest absolute Gasteiger partial charge is 0.508 e. The number of carboxylic acids is 2. The van der Waals surface area contributed by atoms with Crippen molar-refractivity contribution in [3.8, 4) is 5.75 Å². The zero-order valence-corrected chi connectivity index (χ0v) is 23.7. The maximum Gasteiger partial charge on any atom is 0.334 e. The Morgan fingerprint density at radius 3 is 1.86 bits per heavy atom. The average molecular weight is 626 g/mol. The van der Waals surface area contributed by atoms with Gasteiger partial charge in [0.1, 0.15) is 29.9 Å². The number of urea groups is 1. The molecule has 0 saturated carbocycles. The predicted octanol–water partition coefficient (Wildman–Crippen LogP) is -3.69. The first kappa shape index (κ1) is 36.6. The molecular weight excluding hydrogens is 590 g/mol. The van der Waals surface area contributed by atoms with Gasteiger partial charge in [0.15, 0.2) is 0 Å². The van der Waals surface area contributed by atoms with Crippen LogP contribution in [0.15, 0.2) is 24.3 Å². The minimum absolute atomic E-state index is 0.106. The van der Waals surface area contributed by atoms with E-state index in [1.165, 1.54) is 24.3 Å². The number of nitrogens with two attached hydrogens (primary N) is 1. The highest BCUT2D eigenvalue weighted by atomic mass is 16.4. The minimum Gasteiger partial charge on any atom is -0.508 e. The lowest BCUT2D eigenvalue weighted by Crippen LogP contribution is -2.60. The third-order valence-electron chi connectivity index (χ3n) is 5.74. The van der Waals surface area contributed by atoms with Crippen molar-refractivity contribution in [1.82, 2.24) is 32.1 Å². The highest BCUT2D eigenvalue weighted by molar-refractivity contribution is 5.95. The molecule has 19 nitrogen and oxygen atoms in total. The van der Waals surface area contributed by atoms with Gasteiger partial charge in [-0.2, -0.15) is 0 Å². The van der Waals surface area contributed by atoms with E-state index in [1.807, 2.05) is 10.9 Å². The average Bonchev–Trinajstić information content (AvgIpc) is 2.91. The number of benzene rings is 1. The van der Waals surface area contributed by atoms with Crippen LogP contribution in [0.25, 0.3) is 0 Å². The van der Waals surface area contributed by atoms with Gasteiger partial charge in [-0.25, -0.2) is 10.2 Å². The molecule has 0 unspecified atom stereocenters. The summed E-state index contributed by atoms with van der Waals surface area (Å²) in [6.07, 6.45) is -3.59. The van der Waals surface area contributed by atoms with Gasteiger partial charge in [-0.1, -0.05) is 12.1 Å². The van der Waals surface area contributed by atoms with Crippen LogP contribution in [0.3, 0.4) is 0 Å². The molecule has 0 aliphatic carbocycles. The van der Waals surface area contributed by atoms with E-state index in [9.17, 15) is 48.6 Å². The molecule has 0 bridgehead atoms. The van der Waals surface area contributed by atoms with Crippen LogP contribution in [0.4, 0.5) is 4.79 Å². The molecule has 0 spiro atoms. The normalized spacial score (nSPS) is 13.9. The van der Waals surface area contributed by atoms with E-state index in [-0.39, 0.29) is 12.2 Å². The van der Waals surface area contributed by atoms with Gasteiger partial charge >= 0.3 is 18.0 Å². The summed E-state index contributed by atoms with van der Waals surface area (Å²) in [6, 6.07) is -2.01. The molecule has 19 heteroatoms. The number of aromatic hydroxyl groups is 1. The lowest BCUT2D eigenvalue weighted by molar-refractivity contribution is -0.140. The molecule has 242 valence electrons. The molecule has 0 saturated heterocycles. The van der Waals surface area contributed by atoms with Gasteiger partial charge < -0.3 is 47.4 Å². The molecular formula is C25H35N7O12. The summed E-state index contributed by atoms with van der Waals surface area (Å²) in [4.78, 5) is 96.1. The highest BCUT2D eigenvalue weighted by Crippen LogP contribution is 2.12. The number of amides is 7. The second-order valence-electron chi connectivity index (χ2n) is 9.48. The van der Waals surface area contributed by atoms with Crippen LogP contribution < -0.4 is 37.9 Å². The Morgan fingerprint density at radius 1 is 0.773 bits per heavy atom. The molecule has 1 aromatic carbocycles. The molecule has 1 aromatic rings. The smallest absolute Gasteiger partial charge is 0.334 e. The molecule has 0 aliphatic heterocycles. The molecule has 0 aliphatic rings. The van der Waals surface area contributed by atoms with E-state index in [0.29, 0.717) is 5.56 Å². The molecule has 1 rings (SSSR count). The fourth-order valence-electron chi connectivity index (χ4n) is 3.60. The Labute approximate surface area is 249 Å². The summed E-state index contributed by atoms with van der Waals surface area (Å²) in [6.45, 7) is 2.20. The number of phenols is 1. The molecule has 0 radical (unpaired) electrons. The van der Waals surface area contributed by atoms with Crippen LogP contribution in [-0.4, -0.2) is 98.2 Å². The number of carbonyl (C=O) groups excluding carboxylic acids is 6. The monoisotopic (exact) mass is 625 g/mol. The second kappa shape index (κ2) is 17.5. The number of carboxylic acid groups (broad SMARTS) is 2. The third-order valence-corrected chi connectivity index (χ3v) is 5.74. The fourth-order valence-corrected chi connectivity index (χ4v) is 3.60. The van der Waals surface area contributed by atoms with Gasteiger partial charge in [0.05, 0.1) is 12.5 Å². The SMILES string of the molecule is CC(=O)N[C@@H](CC(=O)O)C(=O)NNC(=O)N[C@@H](Cc1ccc(O)cc1)C(=O)N[C@@H](CCC(=O)O)C(=O)N[C@H](C(N)=O)[C@@H](C)O. The van der Waals surface area contributed by atoms with Crippen molar-refractivity contribution in [3.63, 3.8) is 0 Å². The van der Waals surface area contributed by atoms with Crippen molar-refractivity contribution >= 4 is 47.5 Å². The van der Waals surface area contributed by atoms with Crippen molar-refractivity contribution < 1.29 is 58.8 Å². The molecule has 0 fully saturated rings. The first-order valence-electron chi connectivity index (χ1n) is 12.9. The number of hydrogen-bond acceptors (Lipinski definition) is 10. The first-order chi connectivity index (χ1) is 20.5. The minimum atomic E-state index is -1.58. The number of phenolic OH excluding ortho intramolecular Hbond substituents is 1. The molecule has 7 amide bonds. The summed E-state index contributed by atoms with van der Waals surface area (Å²) < 4.78 is 0. The van der Waals surface area contributed by atoms with Gasteiger partial charge in [0, 0.05) is 19.8 Å². The van der Waals surface area contributed by atoms with Crippen LogP contribution in [0, 0.1) is 0 Å². The van der Waals surface area contributed by atoms with Crippen LogP contribution >= 0.6 is 0 Å². The summed E-state index contributed by atoms with van der Waals surface area (Å²) in [5.74, 6) is -7.88. The quantitative estimate of drug-likeness (QED) is 0.0791. The van der Waals surface area contributed by atoms with Gasteiger partial charge in [-0.3, -0.25) is 39.0 Å². The number of hydrazine groups is 1. The van der Waals surface area contributed by atoms with Crippen molar-refractivity contribution in [2.75, 3.05) is 0 Å². The highest BCUT2D eigenvalue weighted by Gasteiger charge is 2.31. The van der Waals surface area contributed by atoms with Crippen molar-refractivity contribution in [2.24, 2.45) is 5.73 Å². The van der Waals surface area contributed by atoms with Crippen LogP contribution in [0.1, 0.15) is 38.7 Å². The third kappa shape index (κ3) is 13.5. The van der Waals surface area contributed by atoms with E-state index in [2.05, 4.69) is 21.3 Å². The number of aliphatic hydroxyl groups excluding tert-OH is 1. The molecule has 12 N–H and O–H groups in total. The molecule has 0 heterocycles. The van der Waals surface area contributed by atoms with Crippen molar-refractivity contribution in [3.05, 3.63) is 29.8 Å². The number of primary amides is 1. The van der Waals surface area contributed by atoms with E-state index in [4.69, 9.17) is 15.9 Å². The zero-order valence-electron chi connectivity index (χ0n) is 23.7. The zero-order chi connectivity index (χ0) is 33.6. The van der Waals surface area contributed by atoms with Gasteiger partial charge in [0.25, 0.3) is 5.91 Å². The second-order valence-corrected chi connectivity index (χ2v) is 9.48. The maximum atomic E-state index is 13.3.